The molecule has 2 heterocycles. The minimum absolute atomic E-state index is 0.105. The number of nitrogens with one attached hydrogen (secondary N) is 2. The minimum Gasteiger partial charge on any atom is -0.497 e. The van der Waals surface area contributed by atoms with Crippen LogP contribution in [0.25, 0.3) is 12.2 Å². The molecule has 4 rings (SSSR count). The van der Waals surface area contributed by atoms with Gasteiger partial charge in [0.2, 0.25) is 5.91 Å². The molecule has 0 fully saturated rings. The number of thiophene rings is 1. The summed E-state index contributed by atoms with van der Waals surface area (Å²) in [6.07, 6.45) is 5.16. The van der Waals surface area contributed by atoms with Gasteiger partial charge < -0.3 is 15.4 Å². The summed E-state index contributed by atoms with van der Waals surface area (Å²) >= 11 is 2.99. The van der Waals surface area contributed by atoms with Crippen LogP contribution < -0.4 is 15.4 Å². The highest BCUT2D eigenvalue weighted by molar-refractivity contribution is 8.04. The number of para-hydroxylation sites is 1. The minimum atomic E-state index is -0.166. The molecule has 7 heteroatoms. The molecule has 0 unspecified atom stereocenters. The standard InChI is InChI=1S/C24H20N2O3S2/c1-29-18-9-6-16(7-10-18)14-25-23(27)11-8-17-12-19(30-15-17)13-22-24(28)26-20-4-2-3-5-21(20)31-22/h2-13,15H,14H2,1H3,(H,25,27)(H,26,28)/b11-8+,22-13?. The summed E-state index contributed by atoms with van der Waals surface area (Å²) < 4.78 is 5.13. The lowest BCUT2D eigenvalue weighted by molar-refractivity contribution is -0.116. The van der Waals surface area contributed by atoms with E-state index < -0.39 is 0 Å². The van der Waals surface area contributed by atoms with E-state index in [1.54, 1.807) is 13.2 Å². The Morgan fingerprint density at radius 2 is 1.97 bits per heavy atom. The third-order valence-corrected chi connectivity index (χ3v) is 6.54. The third kappa shape index (κ3) is 5.45. The lowest BCUT2D eigenvalue weighted by atomic mass is 10.2. The quantitative estimate of drug-likeness (QED) is 0.511. The molecule has 0 radical (unpaired) electrons. The molecule has 156 valence electrons. The van der Waals surface area contributed by atoms with Crippen LogP contribution in [0.2, 0.25) is 0 Å². The van der Waals surface area contributed by atoms with Gasteiger partial charge in [0.05, 0.1) is 17.7 Å². The summed E-state index contributed by atoms with van der Waals surface area (Å²) in [6, 6.07) is 17.3. The van der Waals surface area contributed by atoms with E-state index in [9.17, 15) is 9.59 Å². The highest BCUT2D eigenvalue weighted by atomic mass is 32.2. The normalized spacial score (nSPS) is 14.4. The Balaban J connectivity index is 1.35. The number of carbonyl (C=O) groups excluding carboxylic acids is 2. The zero-order valence-electron chi connectivity index (χ0n) is 16.8. The highest BCUT2D eigenvalue weighted by Gasteiger charge is 2.20. The molecule has 0 atom stereocenters. The molecule has 5 nitrogen and oxygen atoms in total. The zero-order chi connectivity index (χ0) is 21.6. The van der Waals surface area contributed by atoms with Crippen LogP contribution >= 0.6 is 23.1 Å². The number of methoxy groups -OCH3 is 1. The average molecular weight is 449 g/mol. The fraction of sp³-hybridized carbons (Fsp3) is 0.0833. The van der Waals surface area contributed by atoms with Crippen LogP contribution in [-0.4, -0.2) is 18.9 Å². The SMILES string of the molecule is COc1ccc(CNC(=O)/C=C/c2csc(C=C3Sc4ccccc4NC3=O)c2)cc1. The number of hydrogen-bond donors (Lipinski definition) is 2. The fourth-order valence-corrected chi connectivity index (χ4v) is 4.75. The van der Waals surface area contributed by atoms with Crippen LogP contribution in [0.3, 0.4) is 0 Å². The molecule has 3 aromatic rings. The van der Waals surface area contributed by atoms with Gasteiger partial charge in [0.15, 0.2) is 0 Å². The van der Waals surface area contributed by atoms with Gasteiger partial charge in [-0.05, 0) is 59.0 Å². The fourth-order valence-electron chi connectivity index (χ4n) is 2.93. The Morgan fingerprint density at radius 3 is 2.77 bits per heavy atom. The molecule has 0 bridgehead atoms. The van der Waals surface area contributed by atoms with Crippen molar-refractivity contribution in [3.05, 3.63) is 87.0 Å². The van der Waals surface area contributed by atoms with E-state index >= 15 is 0 Å². The predicted molar refractivity (Wildman–Crippen MR) is 127 cm³/mol. The summed E-state index contributed by atoms with van der Waals surface area (Å²) in [5, 5.41) is 7.73. The molecule has 0 saturated heterocycles. The first-order valence-corrected chi connectivity index (χ1v) is 11.3. The van der Waals surface area contributed by atoms with Crippen LogP contribution in [-0.2, 0) is 16.1 Å². The molecule has 1 aliphatic heterocycles. The lowest BCUT2D eigenvalue weighted by Crippen LogP contribution is -2.20. The molecule has 2 N–H and O–H groups in total. The number of fused-ring (bicyclic) bond motifs is 1. The summed E-state index contributed by atoms with van der Waals surface area (Å²) in [6.45, 7) is 0.446. The molecular formula is C24H20N2O3S2. The zero-order valence-corrected chi connectivity index (χ0v) is 18.4. The Labute approximate surface area is 188 Å². The van der Waals surface area contributed by atoms with Crippen LogP contribution in [0, 0.1) is 0 Å². The number of ether oxygens (including phenoxy) is 1. The third-order valence-electron chi connectivity index (χ3n) is 4.55. The van der Waals surface area contributed by atoms with Crippen molar-refractivity contribution in [3.8, 4) is 5.75 Å². The van der Waals surface area contributed by atoms with Gasteiger partial charge in [0, 0.05) is 22.4 Å². The first-order chi connectivity index (χ1) is 15.1. The first kappa shape index (κ1) is 21.0. The van der Waals surface area contributed by atoms with Crippen molar-refractivity contribution < 1.29 is 14.3 Å². The monoisotopic (exact) mass is 448 g/mol. The molecule has 2 amide bonds. The van der Waals surface area contributed by atoms with E-state index in [-0.39, 0.29) is 11.8 Å². The van der Waals surface area contributed by atoms with Crippen molar-refractivity contribution in [3.63, 3.8) is 0 Å². The number of hydrogen-bond acceptors (Lipinski definition) is 5. The van der Waals surface area contributed by atoms with Crippen LogP contribution in [0.5, 0.6) is 5.75 Å². The largest absolute Gasteiger partial charge is 0.497 e. The molecule has 1 aliphatic rings. The van der Waals surface area contributed by atoms with Crippen molar-refractivity contribution in [2.24, 2.45) is 0 Å². The number of thioether (sulfide) groups is 1. The van der Waals surface area contributed by atoms with Gasteiger partial charge in [0.25, 0.3) is 5.91 Å². The number of carbonyl (C=O) groups is 2. The predicted octanol–water partition coefficient (Wildman–Crippen LogP) is 5.17. The molecule has 0 spiro atoms. The van der Waals surface area contributed by atoms with Crippen LogP contribution in [0.1, 0.15) is 16.0 Å². The van der Waals surface area contributed by atoms with Crippen molar-refractivity contribution in [1.29, 1.82) is 0 Å². The second kappa shape index (κ2) is 9.68. The van der Waals surface area contributed by atoms with Gasteiger partial charge in [-0.1, -0.05) is 36.0 Å². The van der Waals surface area contributed by atoms with E-state index in [0.29, 0.717) is 11.4 Å². The van der Waals surface area contributed by atoms with Crippen molar-refractivity contribution in [1.82, 2.24) is 5.32 Å². The molecule has 0 saturated carbocycles. The van der Waals surface area contributed by atoms with Crippen molar-refractivity contribution in [2.45, 2.75) is 11.4 Å². The number of amides is 2. The van der Waals surface area contributed by atoms with E-state index in [2.05, 4.69) is 10.6 Å². The number of rotatable bonds is 6. The van der Waals surface area contributed by atoms with Crippen molar-refractivity contribution in [2.75, 3.05) is 12.4 Å². The van der Waals surface area contributed by atoms with Gasteiger partial charge in [-0.2, -0.15) is 0 Å². The lowest BCUT2D eigenvalue weighted by Gasteiger charge is -2.17. The van der Waals surface area contributed by atoms with E-state index in [4.69, 9.17) is 4.74 Å². The van der Waals surface area contributed by atoms with E-state index in [1.807, 2.05) is 66.1 Å². The Kier molecular flexibility index (Phi) is 6.54. The Bertz CT molecular complexity index is 1160. The Morgan fingerprint density at radius 1 is 1.16 bits per heavy atom. The van der Waals surface area contributed by atoms with E-state index in [1.165, 1.54) is 29.2 Å². The van der Waals surface area contributed by atoms with Gasteiger partial charge in [-0.15, -0.1) is 11.3 Å². The maximum absolute atomic E-state index is 12.3. The maximum atomic E-state index is 12.3. The second-order valence-corrected chi connectivity index (χ2v) is 8.77. The van der Waals surface area contributed by atoms with Gasteiger partial charge in [0.1, 0.15) is 5.75 Å². The first-order valence-electron chi connectivity index (χ1n) is 9.58. The van der Waals surface area contributed by atoms with Crippen molar-refractivity contribution >= 4 is 52.8 Å². The van der Waals surface area contributed by atoms with Gasteiger partial charge in [-0.25, -0.2) is 0 Å². The average Bonchev–Trinajstić information content (AvgIpc) is 3.24. The molecular weight excluding hydrogens is 428 g/mol. The maximum Gasteiger partial charge on any atom is 0.262 e. The number of benzene rings is 2. The van der Waals surface area contributed by atoms with Gasteiger partial charge >= 0.3 is 0 Å². The highest BCUT2D eigenvalue weighted by Crippen LogP contribution is 2.39. The Hall–Kier alpha value is -3.29. The van der Waals surface area contributed by atoms with Crippen LogP contribution in [0.15, 0.2) is 75.9 Å². The molecule has 2 aromatic carbocycles. The summed E-state index contributed by atoms with van der Waals surface area (Å²) in [5.74, 6) is 0.513. The molecule has 31 heavy (non-hydrogen) atoms. The number of anilines is 1. The summed E-state index contributed by atoms with van der Waals surface area (Å²) in [7, 11) is 1.62. The summed E-state index contributed by atoms with van der Waals surface area (Å²) in [5.41, 5.74) is 2.75. The van der Waals surface area contributed by atoms with Gasteiger partial charge in [-0.3, -0.25) is 9.59 Å². The second-order valence-electron chi connectivity index (χ2n) is 6.74. The molecule has 1 aromatic heterocycles. The summed E-state index contributed by atoms with van der Waals surface area (Å²) in [4.78, 5) is 27.1. The molecule has 0 aliphatic carbocycles. The topological polar surface area (TPSA) is 67.4 Å². The van der Waals surface area contributed by atoms with Crippen LogP contribution in [0.4, 0.5) is 5.69 Å². The smallest absolute Gasteiger partial charge is 0.262 e. The van der Waals surface area contributed by atoms with E-state index in [0.717, 1.165) is 32.3 Å².